The smallest absolute Gasteiger partial charge is 0.251 e. The number of aryl methyl sites for hydroxylation is 2. The number of carbonyl (C=O) groups is 1. The highest BCUT2D eigenvalue weighted by molar-refractivity contribution is 7.99. The molecule has 3 nitrogen and oxygen atoms in total. The van der Waals surface area contributed by atoms with Crippen LogP contribution in [0.1, 0.15) is 40.7 Å². The Kier molecular flexibility index (Phi) is 4.75. The highest BCUT2D eigenvalue weighted by atomic mass is 32.2. The van der Waals surface area contributed by atoms with E-state index in [1.807, 2.05) is 31.7 Å². The monoisotopic (exact) mass is 278 g/mol. The molecule has 1 fully saturated rings. The Morgan fingerprint density at radius 1 is 1.37 bits per heavy atom. The van der Waals surface area contributed by atoms with E-state index in [4.69, 9.17) is 5.73 Å². The molecular weight excluding hydrogens is 256 g/mol. The Hall–Kier alpha value is -1.16. The van der Waals surface area contributed by atoms with Crippen LogP contribution in [0, 0.1) is 13.8 Å². The molecule has 2 rings (SSSR count). The molecule has 0 radical (unpaired) electrons. The van der Waals surface area contributed by atoms with Gasteiger partial charge in [-0.2, -0.15) is 11.8 Å². The molecule has 0 spiro atoms. The minimum absolute atomic E-state index is 0.00428. The molecule has 1 aromatic rings. The quantitative estimate of drug-likeness (QED) is 0.836. The summed E-state index contributed by atoms with van der Waals surface area (Å²) in [5.74, 6) is 1.22. The van der Waals surface area contributed by atoms with Crippen LogP contribution in [0.2, 0.25) is 0 Å². The first kappa shape index (κ1) is 14.3. The molecule has 1 heterocycles. The van der Waals surface area contributed by atoms with Gasteiger partial charge in [-0.3, -0.25) is 4.79 Å². The number of nitrogens with one attached hydrogen (secondary N) is 1. The van der Waals surface area contributed by atoms with E-state index < -0.39 is 0 Å². The predicted octanol–water partition coefficient (Wildman–Crippen LogP) is 2.90. The van der Waals surface area contributed by atoms with Crippen LogP contribution in [0.15, 0.2) is 12.1 Å². The molecule has 1 aromatic carbocycles. The Morgan fingerprint density at radius 2 is 2.16 bits per heavy atom. The number of amides is 1. The van der Waals surface area contributed by atoms with E-state index in [9.17, 15) is 4.79 Å². The van der Waals surface area contributed by atoms with Crippen molar-refractivity contribution in [2.24, 2.45) is 0 Å². The summed E-state index contributed by atoms with van der Waals surface area (Å²) in [6, 6.07) is 3.76. The van der Waals surface area contributed by atoms with Crippen molar-refractivity contribution in [3.63, 3.8) is 0 Å². The highest BCUT2D eigenvalue weighted by Crippen LogP contribution is 2.24. The largest absolute Gasteiger partial charge is 0.398 e. The Labute approximate surface area is 119 Å². The fourth-order valence-electron chi connectivity index (χ4n) is 2.38. The number of thioether (sulfide) groups is 1. The standard InChI is InChI=1S/C15H22N2OS/c1-10-7-11(2)14(16)8-13(10)15(18)17-9-12-5-3-4-6-19-12/h7-8,12H,3-6,9,16H2,1-2H3,(H,17,18). The molecule has 1 saturated heterocycles. The van der Waals surface area contributed by atoms with Crippen molar-refractivity contribution in [2.45, 2.75) is 38.4 Å². The normalized spacial score (nSPS) is 19.2. The summed E-state index contributed by atoms with van der Waals surface area (Å²) in [5, 5.41) is 3.61. The first-order chi connectivity index (χ1) is 9.08. The zero-order chi connectivity index (χ0) is 13.8. The SMILES string of the molecule is Cc1cc(C)c(C(=O)NCC2CCCCS2)cc1N. The summed E-state index contributed by atoms with van der Waals surface area (Å²) < 4.78 is 0. The molecule has 0 aliphatic carbocycles. The van der Waals surface area contributed by atoms with Crippen LogP contribution >= 0.6 is 11.8 Å². The summed E-state index contributed by atoms with van der Waals surface area (Å²) in [4.78, 5) is 12.2. The van der Waals surface area contributed by atoms with Crippen LogP contribution in [0.3, 0.4) is 0 Å². The van der Waals surface area contributed by atoms with Crippen molar-refractivity contribution in [1.82, 2.24) is 5.32 Å². The second-order valence-electron chi connectivity index (χ2n) is 5.22. The first-order valence-electron chi connectivity index (χ1n) is 6.84. The van der Waals surface area contributed by atoms with Crippen molar-refractivity contribution in [1.29, 1.82) is 0 Å². The van der Waals surface area contributed by atoms with E-state index in [1.165, 1.54) is 25.0 Å². The van der Waals surface area contributed by atoms with Crippen LogP contribution in [-0.4, -0.2) is 23.5 Å². The van der Waals surface area contributed by atoms with E-state index in [0.29, 0.717) is 16.5 Å². The Bertz CT molecular complexity index is 467. The molecule has 1 atom stereocenters. The van der Waals surface area contributed by atoms with Crippen LogP contribution < -0.4 is 11.1 Å². The molecule has 1 unspecified atom stereocenters. The van der Waals surface area contributed by atoms with Crippen molar-refractivity contribution in [3.05, 3.63) is 28.8 Å². The molecule has 19 heavy (non-hydrogen) atoms. The summed E-state index contributed by atoms with van der Waals surface area (Å²) in [6.07, 6.45) is 3.80. The number of hydrogen-bond acceptors (Lipinski definition) is 3. The predicted molar refractivity (Wildman–Crippen MR) is 82.8 cm³/mol. The number of nitrogens with two attached hydrogens (primary N) is 1. The molecule has 1 aliphatic heterocycles. The molecular formula is C15H22N2OS. The van der Waals surface area contributed by atoms with Gasteiger partial charge in [0.25, 0.3) is 5.91 Å². The Balaban J connectivity index is 1.97. The van der Waals surface area contributed by atoms with Gasteiger partial charge in [0, 0.05) is 23.0 Å². The summed E-state index contributed by atoms with van der Waals surface area (Å²) >= 11 is 1.97. The maximum atomic E-state index is 12.2. The second-order valence-corrected chi connectivity index (χ2v) is 6.63. The summed E-state index contributed by atoms with van der Waals surface area (Å²) in [6.45, 7) is 4.68. The van der Waals surface area contributed by atoms with Gasteiger partial charge in [-0.05, 0) is 49.6 Å². The lowest BCUT2D eigenvalue weighted by Crippen LogP contribution is -2.32. The average Bonchev–Trinajstić information content (AvgIpc) is 2.41. The van der Waals surface area contributed by atoms with Crippen LogP contribution in [0.5, 0.6) is 0 Å². The minimum atomic E-state index is -0.00428. The third-order valence-corrected chi connectivity index (χ3v) is 5.02. The lowest BCUT2D eigenvalue weighted by atomic mass is 10.0. The second kappa shape index (κ2) is 6.33. The maximum absolute atomic E-state index is 12.2. The van der Waals surface area contributed by atoms with E-state index in [-0.39, 0.29) is 5.91 Å². The van der Waals surface area contributed by atoms with Crippen molar-refractivity contribution < 1.29 is 4.79 Å². The zero-order valence-corrected chi connectivity index (χ0v) is 12.5. The molecule has 4 heteroatoms. The molecule has 0 saturated carbocycles. The zero-order valence-electron chi connectivity index (χ0n) is 11.7. The lowest BCUT2D eigenvalue weighted by Gasteiger charge is -2.21. The van der Waals surface area contributed by atoms with Gasteiger partial charge in [0.2, 0.25) is 0 Å². The van der Waals surface area contributed by atoms with Crippen molar-refractivity contribution in [2.75, 3.05) is 18.0 Å². The number of carbonyl (C=O) groups excluding carboxylic acids is 1. The van der Waals surface area contributed by atoms with Gasteiger partial charge in [0.05, 0.1) is 0 Å². The van der Waals surface area contributed by atoms with Gasteiger partial charge in [0.1, 0.15) is 0 Å². The minimum Gasteiger partial charge on any atom is -0.398 e. The van der Waals surface area contributed by atoms with Gasteiger partial charge in [-0.25, -0.2) is 0 Å². The number of rotatable bonds is 3. The average molecular weight is 278 g/mol. The first-order valence-corrected chi connectivity index (χ1v) is 7.89. The van der Waals surface area contributed by atoms with Crippen molar-refractivity contribution >= 4 is 23.4 Å². The third-order valence-electron chi connectivity index (χ3n) is 3.62. The molecule has 104 valence electrons. The van der Waals surface area contributed by atoms with Crippen LogP contribution in [0.25, 0.3) is 0 Å². The van der Waals surface area contributed by atoms with E-state index in [1.54, 1.807) is 6.07 Å². The molecule has 1 aliphatic rings. The van der Waals surface area contributed by atoms with E-state index >= 15 is 0 Å². The topological polar surface area (TPSA) is 55.1 Å². The van der Waals surface area contributed by atoms with Gasteiger partial charge < -0.3 is 11.1 Å². The van der Waals surface area contributed by atoms with Crippen LogP contribution in [0.4, 0.5) is 5.69 Å². The van der Waals surface area contributed by atoms with Crippen molar-refractivity contribution in [3.8, 4) is 0 Å². The fraction of sp³-hybridized carbons (Fsp3) is 0.533. The molecule has 0 bridgehead atoms. The molecule has 3 N–H and O–H groups in total. The molecule has 0 aromatic heterocycles. The van der Waals surface area contributed by atoms with Crippen LogP contribution in [-0.2, 0) is 0 Å². The molecule has 1 amide bonds. The number of anilines is 1. The number of benzene rings is 1. The van der Waals surface area contributed by atoms with E-state index in [2.05, 4.69) is 5.32 Å². The third kappa shape index (κ3) is 3.66. The highest BCUT2D eigenvalue weighted by Gasteiger charge is 2.16. The number of hydrogen-bond donors (Lipinski definition) is 2. The van der Waals surface area contributed by atoms with Gasteiger partial charge in [-0.15, -0.1) is 0 Å². The van der Waals surface area contributed by atoms with Gasteiger partial charge in [0.15, 0.2) is 0 Å². The summed E-state index contributed by atoms with van der Waals surface area (Å²) in [7, 11) is 0. The summed E-state index contributed by atoms with van der Waals surface area (Å²) in [5.41, 5.74) is 9.27. The lowest BCUT2D eigenvalue weighted by molar-refractivity contribution is 0.0953. The van der Waals surface area contributed by atoms with E-state index in [0.717, 1.165) is 17.7 Å². The maximum Gasteiger partial charge on any atom is 0.251 e. The van der Waals surface area contributed by atoms with Gasteiger partial charge in [-0.1, -0.05) is 12.5 Å². The number of nitrogen functional groups attached to an aromatic ring is 1. The fourth-order valence-corrected chi connectivity index (χ4v) is 3.62. The van der Waals surface area contributed by atoms with Gasteiger partial charge >= 0.3 is 0 Å². The Morgan fingerprint density at radius 3 is 2.84 bits per heavy atom.